The third-order valence-electron chi connectivity index (χ3n) is 5.98. The molecule has 2 fully saturated rings. The van der Waals surface area contributed by atoms with E-state index in [0.717, 1.165) is 49.4 Å². The molecule has 2 aromatic carbocycles. The Hall–Kier alpha value is -2.56. The van der Waals surface area contributed by atoms with Crippen LogP contribution in [0.2, 0.25) is 0 Å². The van der Waals surface area contributed by atoms with Gasteiger partial charge in [0.25, 0.3) is 0 Å². The summed E-state index contributed by atoms with van der Waals surface area (Å²) in [5.41, 5.74) is 2.10. The first-order valence-electron chi connectivity index (χ1n) is 10.7. The molecule has 0 atom stereocenters. The summed E-state index contributed by atoms with van der Waals surface area (Å²) in [5, 5.41) is 3.02. The fourth-order valence-electron chi connectivity index (χ4n) is 4.14. The zero-order chi connectivity index (χ0) is 20.1. The van der Waals surface area contributed by atoms with Crippen LogP contribution in [0, 0.1) is 11.7 Å². The molecule has 154 valence electrons. The van der Waals surface area contributed by atoms with E-state index in [0.29, 0.717) is 12.6 Å². The minimum Gasteiger partial charge on any atom is -0.445 e. The van der Waals surface area contributed by atoms with Crippen LogP contribution in [0.1, 0.15) is 44.1 Å². The van der Waals surface area contributed by atoms with Gasteiger partial charge in [-0.1, -0.05) is 30.3 Å². The van der Waals surface area contributed by atoms with Crippen LogP contribution in [0.25, 0.3) is 0 Å². The van der Waals surface area contributed by atoms with Crippen LogP contribution >= 0.6 is 0 Å². The largest absolute Gasteiger partial charge is 0.445 e. The first kappa shape index (κ1) is 19.7. The summed E-state index contributed by atoms with van der Waals surface area (Å²) in [4.78, 5) is 14.6. The van der Waals surface area contributed by atoms with Gasteiger partial charge in [0.2, 0.25) is 0 Å². The van der Waals surface area contributed by atoms with E-state index in [-0.39, 0.29) is 18.0 Å². The molecular formula is C24H29FN2O2. The van der Waals surface area contributed by atoms with E-state index in [4.69, 9.17) is 4.74 Å². The monoisotopic (exact) mass is 396 g/mol. The summed E-state index contributed by atoms with van der Waals surface area (Å²) in [7, 11) is 0. The molecular weight excluding hydrogens is 367 g/mol. The smallest absolute Gasteiger partial charge is 0.407 e. The standard InChI is InChI=1S/C24H29FN2O2/c25-20-8-12-22(13-9-20)27(16-18-6-7-18)23-14-10-21(11-15-23)26-24(28)29-17-19-4-2-1-3-5-19/h1-5,8-9,12-13,18,21,23H,6-7,10-11,14-17H2,(H,26,28)/t21-,23+. The molecule has 0 bridgehead atoms. The number of rotatable bonds is 7. The van der Waals surface area contributed by atoms with Gasteiger partial charge in [-0.05, 0) is 74.3 Å². The summed E-state index contributed by atoms with van der Waals surface area (Å²) >= 11 is 0. The van der Waals surface area contributed by atoms with Gasteiger partial charge in [-0.2, -0.15) is 0 Å². The van der Waals surface area contributed by atoms with Crippen LogP contribution in [-0.4, -0.2) is 24.7 Å². The van der Waals surface area contributed by atoms with Gasteiger partial charge in [0.15, 0.2) is 0 Å². The lowest BCUT2D eigenvalue weighted by molar-refractivity contribution is 0.132. The fourth-order valence-corrected chi connectivity index (χ4v) is 4.14. The van der Waals surface area contributed by atoms with Gasteiger partial charge in [0.05, 0.1) is 0 Å². The molecule has 0 unspecified atom stereocenters. The molecule has 0 radical (unpaired) electrons. The van der Waals surface area contributed by atoms with E-state index in [9.17, 15) is 9.18 Å². The van der Waals surface area contributed by atoms with Crippen molar-refractivity contribution in [2.24, 2.45) is 5.92 Å². The number of hydrogen-bond acceptors (Lipinski definition) is 3. The van der Waals surface area contributed by atoms with Crippen LogP contribution in [-0.2, 0) is 11.3 Å². The van der Waals surface area contributed by atoms with Gasteiger partial charge in [-0.25, -0.2) is 9.18 Å². The van der Waals surface area contributed by atoms with Gasteiger partial charge in [0, 0.05) is 24.3 Å². The molecule has 4 nitrogen and oxygen atoms in total. The molecule has 5 heteroatoms. The van der Waals surface area contributed by atoms with Crippen LogP contribution < -0.4 is 10.2 Å². The number of carbonyl (C=O) groups excluding carboxylic acids is 1. The summed E-state index contributed by atoms with van der Waals surface area (Å²) in [6.07, 6.45) is 6.16. The maximum absolute atomic E-state index is 13.3. The molecule has 0 saturated heterocycles. The number of alkyl carbamates (subject to hydrolysis) is 1. The van der Waals surface area contributed by atoms with Crippen LogP contribution in [0.15, 0.2) is 54.6 Å². The van der Waals surface area contributed by atoms with Crippen molar-refractivity contribution in [3.8, 4) is 0 Å². The predicted molar refractivity (Wildman–Crippen MR) is 112 cm³/mol. The van der Waals surface area contributed by atoms with Crippen LogP contribution in [0.5, 0.6) is 0 Å². The SMILES string of the molecule is O=C(N[C@H]1CC[C@@H](N(CC2CC2)c2ccc(F)cc2)CC1)OCc1ccccc1. The Morgan fingerprint density at radius 3 is 2.31 bits per heavy atom. The number of ether oxygens (including phenoxy) is 1. The van der Waals surface area contributed by atoms with Crippen molar-refractivity contribution >= 4 is 11.8 Å². The zero-order valence-electron chi connectivity index (χ0n) is 16.7. The molecule has 2 saturated carbocycles. The molecule has 2 aromatic rings. The van der Waals surface area contributed by atoms with E-state index in [1.807, 2.05) is 42.5 Å². The quantitative estimate of drug-likeness (QED) is 0.692. The van der Waals surface area contributed by atoms with Crippen LogP contribution in [0.4, 0.5) is 14.9 Å². The Bertz CT molecular complexity index is 784. The molecule has 4 rings (SSSR count). The molecule has 0 heterocycles. The Balaban J connectivity index is 1.27. The summed E-state index contributed by atoms with van der Waals surface area (Å²) in [6, 6.07) is 17.2. The average Bonchev–Trinajstić information content (AvgIpc) is 3.57. The van der Waals surface area contributed by atoms with E-state index < -0.39 is 0 Å². The van der Waals surface area contributed by atoms with Gasteiger partial charge >= 0.3 is 6.09 Å². The highest BCUT2D eigenvalue weighted by molar-refractivity contribution is 5.67. The third-order valence-corrected chi connectivity index (χ3v) is 5.98. The van der Waals surface area contributed by atoms with Gasteiger partial charge < -0.3 is 15.0 Å². The molecule has 1 N–H and O–H groups in total. The Morgan fingerprint density at radius 1 is 0.966 bits per heavy atom. The molecule has 2 aliphatic rings. The highest BCUT2D eigenvalue weighted by atomic mass is 19.1. The molecule has 1 amide bonds. The van der Waals surface area contributed by atoms with E-state index in [1.54, 1.807) is 12.1 Å². The number of amides is 1. The highest BCUT2D eigenvalue weighted by Crippen LogP contribution is 2.35. The van der Waals surface area contributed by atoms with Crippen molar-refractivity contribution in [3.63, 3.8) is 0 Å². The minimum absolute atomic E-state index is 0.158. The number of anilines is 1. The van der Waals surface area contributed by atoms with E-state index in [1.165, 1.54) is 12.8 Å². The second-order valence-electron chi connectivity index (χ2n) is 8.28. The number of hydrogen-bond donors (Lipinski definition) is 1. The minimum atomic E-state index is -0.342. The lowest BCUT2D eigenvalue weighted by Gasteiger charge is -2.38. The Morgan fingerprint density at radius 2 is 1.66 bits per heavy atom. The van der Waals surface area contributed by atoms with Crippen molar-refractivity contribution in [2.75, 3.05) is 11.4 Å². The van der Waals surface area contributed by atoms with Gasteiger partial charge in [0.1, 0.15) is 12.4 Å². The van der Waals surface area contributed by atoms with Crippen molar-refractivity contribution in [3.05, 3.63) is 66.0 Å². The number of halogens is 1. The predicted octanol–water partition coefficient (Wildman–Crippen LogP) is 5.28. The molecule has 29 heavy (non-hydrogen) atoms. The molecule has 0 aromatic heterocycles. The molecule has 0 aliphatic heterocycles. The zero-order valence-corrected chi connectivity index (χ0v) is 16.7. The summed E-state index contributed by atoms with van der Waals surface area (Å²) < 4.78 is 18.7. The lowest BCUT2D eigenvalue weighted by atomic mass is 9.89. The van der Waals surface area contributed by atoms with Crippen molar-refractivity contribution < 1.29 is 13.9 Å². The Kier molecular flexibility index (Phi) is 6.33. The normalized spacial score (nSPS) is 21.4. The van der Waals surface area contributed by atoms with Crippen molar-refractivity contribution in [1.82, 2.24) is 5.32 Å². The topological polar surface area (TPSA) is 41.6 Å². The first-order chi connectivity index (χ1) is 14.2. The number of nitrogens with one attached hydrogen (secondary N) is 1. The fraction of sp³-hybridized carbons (Fsp3) is 0.458. The summed E-state index contributed by atoms with van der Waals surface area (Å²) in [6.45, 7) is 1.34. The number of carbonyl (C=O) groups is 1. The summed E-state index contributed by atoms with van der Waals surface area (Å²) in [5.74, 6) is 0.575. The average molecular weight is 397 g/mol. The molecule has 2 aliphatic carbocycles. The van der Waals surface area contributed by atoms with Crippen molar-refractivity contribution in [1.29, 1.82) is 0 Å². The second-order valence-corrected chi connectivity index (χ2v) is 8.28. The molecule has 0 spiro atoms. The van der Waals surface area contributed by atoms with Crippen molar-refractivity contribution in [2.45, 2.75) is 57.2 Å². The van der Waals surface area contributed by atoms with E-state index >= 15 is 0 Å². The van der Waals surface area contributed by atoms with Crippen LogP contribution in [0.3, 0.4) is 0 Å². The maximum Gasteiger partial charge on any atom is 0.407 e. The third kappa shape index (κ3) is 5.72. The van der Waals surface area contributed by atoms with Gasteiger partial charge in [-0.15, -0.1) is 0 Å². The highest BCUT2D eigenvalue weighted by Gasteiger charge is 2.31. The van der Waals surface area contributed by atoms with E-state index in [2.05, 4.69) is 10.2 Å². The number of nitrogens with zero attached hydrogens (tertiary/aromatic N) is 1. The van der Waals surface area contributed by atoms with Gasteiger partial charge in [-0.3, -0.25) is 0 Å². The Labute approximate surface area is 172 Å². The number of benzene rings is 2. The maximum atomic E-state index is 13.3. The second kappa shape index (κ2) is 9.29. The lowest BCUT2D eigenvalue weighted by Crippen LogP contribution is -2.45. The first-order valence-corrected chi connectivity index (χ1v) is 10.7.